The van der Waals surface area contributed by atoms with E-state index in [4.69, 9.17) is 4.74 Å². The van der Waals surface area contributed by atoms with Gasteiger partial charge in [-0.15, -0.1) is 0 Å². The number of anilines is 1. The van der Waals surface area contributed by atoms with Crippen molar-refractivity contribution in [2.75, 3.05) is 11.9 Å². The molecule has 6 nitrogen and oxygen atoms in total. The second-order valence-electron chi connectivity index (χ2n) is 6.35. The molecule has 1 unspecified atom stereocenters. The van der Waals surface area contributed by atoms with Crippen molar-refractivity contribution in [3.05, 3.63) is 65.7 Å². The lowest BCUT2D eigenvalue weighted by molar-refractivity contribution is -0.133. The SMILES string of the molecule is CCOC(=O)c1ccc(NC(=O)C2CCC(=O)N2Cc2ccccc2)cc1. The second kappa shape index (κ2) is 8.49. The molecule has 2 aromatic rings. The van der Waals surface area contributed by atoms with Gasteiger partial charge in [-0.3, -0.25) is 9.59 Å². The topological polar surface area (TPSA) is 75.7 Å². The molecule has 1 fully saturated rings. The number of likely N-dealkylation sites (tertiary alicyclic amines) is 1. The van der Waals surface area contributed by atoms with E-state index in [1.807, 2.05) is 30.3 Å². The average molecular weight is 366 g/mol. The van der Waals surface area contributed by atoms with Crippen LogP contribution in [0.1, 0.15) is 35.7 Å². The summed E-state index contributed by atoms with van der Waals surface area (Å²) in [6.45, 7) is 2.47. The Balaban J connectivity index is 1.65. The standard InChI is InChI=1S/C21H22N2O4/c1-2-27-21(26)16-8-10-17(11-9-16)22-20(25)18-12-13-19(24)23(18)14-15-6-4-3-5-7-15/h3-11,18H,2,12-14H2,1H3,(H,22,25). The Kier molecular flexibility index (Phi) is 5.86. The van der Waals surface area contributed by atoms with Gasteiger partial charge in [0.15, 0.2) is 0 Å². The van der Waals surface area contributed by atoms with E-state index in [2.05, 4.69) is 5.32 Å². The smallest absolute Gasteiger partial charge is 0.338 e. The van der Waals surface area contributed by atoms with Gasteiger partial charge < -0.3 is 15.0 Å². The summed E-state index contributed by atoms with van der Waals surface area (Å²) >= 11 is 0. The van der Waals surface area contributed by atoms with E-state index >= 15 is 0 Å². The van der Waals surface area contributed by atoms with Crippen molar-refractivity contribution in [1.82, 2.24) is 4.90 Å². The highest BCUT2D eigenvalue weighted by molar-refractivity contribution is 5.99. The molecule has 0 bridgehead atoms. The number of hydrogen-bond acceptors (Lipinski definition) is 4. The van der Waals surface area contributed by atoms with Gasteiger partial charge in [0.25, 0.3) is 0 Å². The van der Waals surface area contributed by atoms with Gasteiger partial charge in [-0.2, -0.15) is 0 Å². The second-order valence-corrected chi connectivity index (χ2v) is 6.35. The first-order valence-electron chi connectivity index (χ1n) is 9.00. The minimum absolute atomic E-state index is 0.0170. The summed E-state index contributed by atoms with van der Waals surface area (Å²) in [5.74, 6) is -0.636. The molecule has 3 rings (SSSR count). The Morgan fingerprint density at radius 1 is 1.11 bits per heavy atom. The van der Waals surface area contributed by atoms with Crippen molar-refractivity contribution in [2.45, 2.75) is 32.4 Å². The number of benzene rings is 2. The Bertz CT molecular complexity index is 818. The summed E-state index contributed by atoms with van der Waals surface area (Å²) in [6, 6.07) is 15.6. The summed E-state index contributed by atoms with van der Waals surface area (Å²) in [5.41, 5.74) is 1.99. The third-order valence-corrected chi connectivity index (χ3v) is 4.49. The number of carbonyl (C=O) groups excluding carboxylic acids is 3. The lowest BCUT2D eigenvalue weighted by Gasteiger charge is -2.24. The molecule has 1 heterocycles. The molecule has 1 N–H and O–H groups in total. The molecule has 2 aromatic carbocycles. The molecule has 1 saturated heterocycles. The van der Waals surface area contributed by atoms with E-state index in [1.165, 1.54) is 0 Å². The molecule has 0 aromatic heterocycles. The monoisotopic (exact) mass is 366 g/mol. The maximum atomic E-state index is 12.7. The molecule has 27 heavy (non-hydrogen) atoms. The molecule has 140 valence electrons. The van der Waals surface area contributed by atoms with Gasteiger partial charge in [0, 0.05) is 18.7 Å². The van der Waals surface area contributed by atoms with Crippen LogP contribution in [0.2, 0.25) is 0 Å². The van der Waals surface area contributed by atoms with Crippen molar-refractivity contribution >= 4 is 23.5 Å². The molecule has 0 saturated carbocycles. The third kappa shape index (κ3) is 4.53. The zero-order valence-electron chi connectivity index (χ0n) is 15.2. The number of ether oxygens (including phenoxy) is 1. The quantitative estimate of drug-likeness (QED) is 0.798. The van der Waals surface area contributed by atoms with Crippen molar-refractivity contribution < 1.29 is 19.1 Å². The van der Waals surface area contributed by atoms with Crippen LogP contribution in [0, 0.1) is 0 Å². The van der Waals surface area contributed by atoms with Gasteiger partial charge in [-0.25, -0.2) is 4.79 Å². The number of rotatable bonds is 6. The van der Waals surface area contributed by atoms with Crippen LogP contribution < -0.4 is 5.32 Å². The summed E-state index contributed by atoms with van der Waals surface area (Å²) < 4.78 is 4.94. The minimum Gasteiger partial charge on any atom is -0.462 e. The predicted octanol–water partition coefficient (Wildman–Crippen LogP) is 2.99. The van der Waals surface area contributed by atoms with Crippen LogP contribution in [-0.2, 0) is 20.9 Å². The van der Waals surface area contributed by atoms with Crippen molar-refractivity contribution in [2.24, 2.45) is 0 Å². The zero-order valence-corrected chi connectivity index (χ0v) is 15.2. The fourth-order valence-corrected chi connectivity index (χ4v) is 3.11. The number of nitrogens with one attached hydrogen (secondary N) is 1. The summed E-state index contributed by atoms with van der Waals surface area (Å²) in [4.78, 5) is 38.2. The first-order chi connectivity index (χ1) is 13.1. The largest absolute Gasteiger partial charge is 0.462 e. The van der Waals surface area contributed by atoms with E-state index < -0.39 is 12.0 Å². The van der Waals surface area contributed by atoms with Gasteiger partial charge >= 0.3 is 5.97 Å². The van der Waals surface area contributed by atoms with Crippen LogP contribution in [0.3, 0.4) is 0 Å². The van der Waals surface area contributed by atoms with Gasteiger partial charge in [-0.05, 0) is 43.2 Å². The Morgan fingerprint density at radius 2 is 1.81 bits per heavy atom. The summed E-state index contributed by atoms with van der Waals surface area (Å²) in [5, 5.41) is 2.83. The molecule has 2 amide bonds. The zero-order chi connectivity index (χ0) is 19.2. The summed E-state index contributed by atoms with van der Waals surface area (Å²) in [7, 11) is 0. The van der Waals surface area contributed by atoms with Crippen LogP contribution in [0.15, 0.2) is 54.6 Å². The number of carbonyl (C=O) groups is 3. The van der Waals surface area contributed by atoms with Crippen molar-refractivity contribution in [3.8, 4) is 0 Å². The molecule has 1 aliphatic rings. The van der Waals surface area contributed by atoms with Crippen LogP contribution in [-0.4, -0.2) is 35.3 Å². The van der Waals surface area contributed by atoms with Gasteiger partial charge in [-0.1, -0.05) is 30.3 Å². The summed E-state index contributed by atoms with van der Waals surface area (Å²) in [6.07, 6.45) is 0.866. The minimum atomic E-state index is -0.498. The predicted molar refractivity (Wildman–Crippen MR) is 101 cm³/mol. The average Bonchev–Trinajstić information content (AvgIpc) is 3.04. The first-order valence-corrected chi connectivity index (χ1v) is 9.00. The van der Waals surface area contributed by atoms with E-state index in [0.29, 0.717) is 37.2 Å². The molecular formula is C21H22N2O4. The van der Waals surface area contributed by atoms with E-state index in [1.54, 1.807) is 36.1 Å². The molecule has 1 aliphatic heterocycles. The molecular weight excluding hydrogens is 344 g/mol. The van der Waals surface area contributed by atoms with Crippen LogP contribution >= 0.6 is 0 Å². The fourth-order valence-electron chi connectivity index (χ4n) is 3.11. The maximum Gasteiger partial charge on any atom is 0.338 e. The number of amides is 2. The molecule has 6 heteroatoms. The Morgan fingerprint density at radius 3 is 2.48 bits per heavy atom. The fraction of sp³-hybridized carbons (Fsp3) is 0.286. The Hall–Kier alpha value is -3.15. The van der Waals surface area contributed by atoms with Crippen LogP contribution in [0.25, 0.3) is 0 Å². The van der Waals surface area contributed by atoms with Gasteiger partial charge in [0.2, 0.25) is 11.8 Å². The maximum absolute atomic E-state index is 12.7. The van der Waals surface area contributed by atoms with Gasteiger partial charge in [0.1, 0.15) is 6.04 Å². The molecule has 0 spiro atoms. The van der Waals surface area contributed by atoms with E-state index in [9.17, 15) is 14.4 Å². The lowest BCUT2D eigenvalue weighted by Crippen LogP contribution is -2.41. The number of nitrogens with zero attached hydrogens (tertiary/aromatic N) is 1. The van der Waals surface area contributed by atoms with E-state index in [0.717, 1.165) is 5.56 Å². The highest BCUT2D eigenvalue weighted by Crippen LogP contribution is 2.23. The highest BCUT2D eigenvalue weighted by atomic mass is 16.5. The van der Waals surface area contributed by atoms with E-state index in [-0.39, 0.29) is 11.8 Å². The van der Waals surface area contributed by atoms with Crippen molar-refractivity contribution in [3.63, 3.8) is 0 Å². The van der Waals surface area contributed by atoms with Crippen LogP contribution in [0.4, 0.5) is 5.69 Å². The highest BCUT2D eigenvalue weighted by Gasteiger charge is 2.35. The number of hydrogen-bond donors (Lipinski definition) is 1. The molecule has 0 aliphatic carbocycles. The molecule has 1 atom stereocenters. The number of esters is 1. The Labute approximate surface area is 158 Å². The first kappa shape index (κ1) is 18.6. The van der Waals surface area contributed by atoms with Crippen molar-refractivity contribution in [1.29, 1.82) is 0 Å². The third-order valence-electron chi connectivity index (χ3n) is 4.49. The molecule has 0 radical (unpaired) electrons. The lowest BCUT2D eigenvalue weighted by atomic mass is 10.1. The van der Waals surface area contributed by atoms with Crippen LogP contribution in [0.5, 0.6) is 0 Å². The van der Waals surface area contributed by atoms with Gasteiger partial charge in [0.05, 0.1) is 12.2 Å². The normalized spacial score (nSPS) is 16.3.